The summed E-state index contributed by atoms with van der Waals surface area (Å²) in [6.07, 6.45) is 4.11. The maximum atomic E-state index is 2.57. The average Bonchev–Trinajstić information content (AvgIpc) is 3.75. The Morgan fingerprint density at radius 1 is 0.375 bits per heavy atom. The van der Waals surface area contributed by atoms with Gasteiger partial charge in [-0.05, 0) is 167 Å². The van der Waals surface area contributed by atoms with E-state index in [9.17, 15) is 0 Å². The van der Waals surface area contributed by atoms with Crippen molar-refractivity contribution in [1.29, 1.82) is 0 Å². The van der Waals surface area contributed by atoms with Crippen molar-refractivity contribution in [2.24, 2.45) is 0 Å². The summed E-state index contributed by atoms with van der Waals surface area (Å²) >= 11 is 0. The van der Waals surface area contributed by atoms with Crippen molar-refractivity contribution >= 4 is 43.6 Å². The Labute approximate surface area is 326 Å². The SMILES string of the molecule is Cc1ccccc1-c1ccc2c(c1)c1cc3c4c(c1n2-c1ccccc1)CCc1c-4c(cc2c4cc(-c5ccccc5C)ccc4n(-c4ccccc4)c12)CC3. The Balaban J connectivity index is 1.17. The van der Waals surface area contributed by atoms with Gasteiger partial charge in [-0.3, -0.25) is 0 Å². The van der Waals surface area contributed by atoms with Crippen molar-refractivity contribution in [2.75, 3.05) is 0 Å². The predicted octanol–water partition coefficient (Wildman–Crippen LogP) is 13.7. The molecule has 0 N–H and O–H groups in total. The van der Waals surface area contributed by atoms with Crippen LogP contribution in [0, 0.1) is 13.8 Å². The van der Waals surface area contributed by atoms with Gasteiger partial charge in [-0.1, -0.05) is 97.1 Å². The number of benzene rings is 8. The standard InChI is InChI=1S/C54H40N2/c1-33-13-9-11-19-41(33)35-23-27-49-45(29-35)47-31-37-21-22-38-32-48-46-30-36(42-20-12-10-14-34(42)2)24-28-50(46)56(40-17-7-4-8-18-40)54(48)44-26-25-43(51(37)52(38)44)53(47)55(49)39-15-5-3-6-16-39/h3-20,23-24,27-32H,21-22,25-26H2,1-2H3. The van der Waals surface area contributed by atoms with E-state index in [-0.39, 0.29) is 0 Å². The molecule has 2 aliphatic rings. The molecule has 2 nitrogen and oxygen atoms in total. The summed E-state index contributed by atoms with van der Waals surface area (Å²) in [5.41, 5.74) is 24.5. The zero-order chi connectivity index (χ0) is 37.1. The summed E-state index contributed by atoms with van der Waals surface area (Å²) in [5.74, 6) is 0. The topological polar surface area (TPSA) is 9.86 Å². The van der Waals surface area contributed by atoms with Crippen molar-refractivity contribution in [3.8, 4) is 44.8 Å². The first-order valence-electron chi connectivity index (χ1n) is 20.1. The third-order valence-electron chi connectivity index (χ3n) is 12.9. The van der Waals surface area contributed by atoms with Crippen molar-refractivity contribution in [3.05, 3.63) is 191 Å². The van der Waals surface area contributed by atoms with E-state index < -0.39 is 0 Å². The number of fused-ring (bicyclic) bond motifs is 8. The zero-order valence-corrected chi connectivity index (χ0v) is 31.7. The molecule has 2 aromatic heterocycles. The summed E-state index contributed by atoms with van der Waals surface area (Å²) in [5, 5.41) is 5.43. The molecule has 0 fully saturated rings. The number of aryl methyl sites for hydroxylation is 6. The van der Waals surface area contributed by atoms with Crippen LogP contribution in [0.3, 0.4) is 0 Å². The minimum atomic E-state index is 1.00. The number of nitrogens with zero attached hydrogens (tertiary/aromatic N) is 2. The minimum absolute atomic E-state index is 1.00. The largest absolute Gasteiger partial charge is 0.309 e. The van der Waals surface area contributed by atoms with Crippen molar-refractivity contribution < 1.29 is 0 Å². The molecule has 266 valence electrons. The van der Waals surface area contributed by atoms with Crippen LogP contribution < -0.4 is 0 Å². The second kappa shape index (κ2) is 11.9. The van der Waals surface area contributed by atoms with E-state index in [1.165, 1.54) is 122 Å². The molecule has 0 radical (unpaired) electrons. The molecule has 0 bridgehead atoms. The van der Waals surface area contributed by atoms with Gasteiger partial charge in [0.25, 0.3) is 0 Å². The van der Waals surface area contributed by atoms with Gasteiger partial charge in [0.15, 0.2) is 0 Å². The van der Waals surface area contributed by atoms with Crippen LogP contribution >= 0.6 is 0 Å². The van der Waals surface area contributed by atoms with Gasteiger partial charge in [0.05, 0.1) is 22.1 Å². The van der Waals surface area contributed by atoms with Gasteiger partial charge in [0, 0.05) is 32.9 Å². The van der Waals surface area contributed by atoms with E-state index in [0.717, 1.165) is 25.7 Å². The van der Waals surface area contributed by atoms with Gasteiger partial charge in [-0.15, -0.1) is 0 Å². The fourth-order valence-electron chi connectivity index (χ4n) is 10.5. The second-order valence-corrected chi connectivity index (χ2v) is 16.0. The molecule has 0 unspecified atom stereocenters. The molecule has 56 heavy (non-hydrogen) atoms. The molecule has 2 heteroatoms. The predicted molar refractivity (Wildman–Crippen MR) is 236 cm³/mol. The van der Waals surface area contributed by atoms with Crippen LogP contribution in [0.5, 0.6) is 0 Å². The Morgan fingerprint density at radius 2 is 0.786 bits per heavy atom. The van der Waals surface area contributed by atoms with Gasteiger partial charge in [-0.2, -0.15) is 0 Å². The van der Waals surface area contributed by atoms with Crippen LogP contribution in [-0.2, 0) is 25.7 Å². The van der Waals surface area contributed by atoms with E-state index in [1.807, 2.05) is 0 Å². The molecule has 0 atom stereocenters. The number of aromatic nitrogens is 2. The summed E-state index contributed by atoms with van der Waals surface area (Å²) in [6, 6.07) is 59.0. The fraction of sp³-hybridized carbons (Fsp3) is 0.111. The lowest BCUT2D eigenvalue weighted by molar-refractivity contribution is 0.883. The van der Waals surface area contributed by atoms with Crippen molar-refractivity contribution in [1.82, 2.24) is 9.13 Å². The Hall–Kier alpha value is -6.64. The molecule has 8 aromatic carbocycles. The van der Waals surface area contributed by atoms with Crippen LogP contribution in [0.2, 0.25) is 0 Å². The van der Waals surface area contributed by atoms with Crippen LogP contribution in [0.25, 0.3) is 88.4 Å². The van der Waals surface area contributed by atoms with Crippen LogP contribution in [0.15, 0.2) is 158 Å². The van der Waals surface area contributed by atoms with E-state index >= 15 is 0 Å². The highest BCUT2D eigenvalue weighted by Crippen LogP contribution is 2.51. The molecule has 0 saturated heterocycles. The lowest BCUT2D eigenvalue weighted by Gasteiger charge is -2.31. The molecule has 0 amide bonds. The Bertz CT molecular complexity index is 3030. The van der Waals surface area contributed by atoms with E-state index in [0.29, 0.717) is 0 Å². The maximum Gasteiger partial charge on any atom is 0.0579 e. The zero-order valence-electron chi connectivity index (χ0n) is 31.7. The average molecular weight is 717 g/mol. The molecule has 0 spiro atoms. The second-order valence-electron chi connectivity index (χ2n) is 16.0. The smallest absolute Gasteiger partial charge is 0.0579 e. The third-order valence-corrected chi connectivity index (χ3v) is 12.9. The van der Waals surface area contributed by atoms with Gasteiger partial charge < -0.3 is 9.13 Å². The monoisotopic (exact) mass is 716 g/mol. The number of rotatable bonds is 4. The molecule has 0 saturated carbocycles. The molecule has 2 aliphatic carbocycles. The normalized spacial score (nSPS) is 13.2. The summed E-state index contributed by atoms with van der Waals surface area (Å²) in [6.45, 7) is 4.44. The molecule has 12 rings (SSSR count). The first kappa shape index (κ1) is 31.7. The number of hydrogen-bond acceptors (Lipinski definition) is 0. The summed E-state index contributed by atoms with van der Waals surface area (Å²) < 4.78 is 5.13. The highest BCUT2D eigenvalue weighted by atomic mass is 15.0. The lowest BCUT2D eigenvalue weighted by atomic mass is 9.74. The quantitative estimate of drug-likeness (QED) is 0.172. The van der Waals surface area contributed by atoms with Crippen molar-refractivity contribution in [2.45, 2.75) is 39.5 Å². The minimum Gasteiger partial charge on any atom is -0.309 e. The lowest BCUT2D eigenvalue weighted by Crippen LogP contribution is -2.16. The molecular weight excluding hydrogens is 677 g/mol. The molecular formula is C54H40N2. The van der Waals surface area contributed by atoms with E-state index in [4.69, 9.17) is 0 Å². The highest BCUT2D eigenvalue weighted by molar-refractivity contribution is 6.17. The molecule has 10 aromatic rings. The maximum absolute atomic E-state index is 2.57. The van der Waals surface area contributed by atoms with E-state index in [1.54, 1.807) is 0 Å². The molecule has 0 aliphatic heterocycles. The van der Waals surface area contributed by atoms with Gasteiger partial charge in [0.1, 0.15) is 0 Å². The summed E-state index contributed by atoms with van der Waals surface area (Å²) in [7, 11) is 0. The first-order chi connectivity index (χ1) is 27.6. The fourth-order valence-corrected chi connectivity index (χ4v) is 10.5. The highest BCUT2D eigenvalue weighted by Gasteiger charge is 2.33. The van der Waals surface area contributed by atoms with Crippen LogP contribution in [0.4, 0.5) is 0 Å². The Kier molecular flexibility index (Phi) is 6.75. The van der Waals surface area contributed by atoms with Gasteiger partial charge in [-0.25, -0.2) is 0 Å². The van der Waals surface area contributed by atoms with E-state index in [2.05, 4.69) is 181 Å². The van der Waals surface area contributed by atoms with Gasteiger partial charge >= 0.3 is 0 Å². The summed E-state index contributed by atoms with van der Waals surface area (Å²) in [4.78, 5) is 0. The van der Waals surface area contributed by atoms with Crippen molar-refractivity contribution in [3.63, 3.8) is 0 Å². The van der Waals surface area contributed by atoms with Crippen LogP contribution in [0.1, 0.15) is 33.4 Å². The Morgan fingerprint density at radius 3 is 1.21 bits per heavy atom. The molecule has 2 heterocycles. The van der Waals surface area contributed by atoms with Crippen LogP contribution in [-0.4, -0.2) is 9.13 Å². The van der Waals surface area contributed by atoms with Gasteiger partial charge in [0.2, 0.25) is 0 Å². The first-order valence-corrected chi connectivity index (χ1v) is 20.1. The third kappa shape index (κ3) is 4.44. The number of para-hydroxylation sites is 2. The number of hydrogen-bond donors (Lipinski definition) is 0.